The molecule has 0 radical (unpaired) electrons. The van der Waals surface area contributed by atoms with Gasteiger partial charge in [0, 0.05) is 18.7 Å². The van der Waals surface area contributed by atoms with Gasteiger partial charge in [0.15, 0.2) is 0 Å². The van der Waals surface area contributed by atoms with Gasteiger partial charge in [-0.3, -0.25) is 9.59 Å². The summed E-state index contributed by atoms with van der Waals surface area (Å²) >= 11 is 7.62. The number of anilines is 2. The van der Waals surface area contributed by atoms with E-state index in [4.69, 9.17) is 11.6 Å². The molecule has 2 aromatic rings. The summed E-state index contributed by atoms with van der Waals surface area (Å²) in [6.45, 7) is 0.694. The highest BCUT2D eigenvalue weighted by Gasteiger charge is 2.23. The SMILES string of the molecule is O=C(Nc1ccc(N2CCCC2=O)c(Cl)c1)c1cccs1. The monoisotopic (exact) mass is 320 g/mol. The fourth-order valence-corrected chi connectivity index (χ4v) is 3.21. The first-order chi connectivity index (χ1) is 10.1. The summed E-state index contributed by atoms with van der Waals surface area (Å²) in [5, 5.41) is 5.12. The molecular weight excluding hydrogens is 308 g/mol. The van der Waals surface area contributed by atoms with Gasteiger partial charge in [-0.1, -0.05) is 17.7 Å². The van der Waals surface area contributed by atoms with Crippen LogP contribution in [0.25, 0.3) is 0 Å². The molecule has 21 heavy (non-hydrogen) atoms. The van der Waals surface area contributed by atoms with Crippen LogP contribution in [0.3, 0.4) is 0 Å². The maximum absolute atomic E-state index is 12.0. The van der Waals surface area contributed by atoms with Crippen molar-refractivity contribution in [3.63, 3.8) is 0 Å². The summed E-state index contributed by atoms with van der Waals surface area (Å²) < 4.78 is 0. The highest BCUT2D eigenvalue weighted by atomic mass is 35.5. The lowest BCUT2D eigenvalue weighted by Gasteiger charge is -2.18. The Labute approximate surface area is 131 Å². The van der Waals surface area contributed by atoms with E-state index in [-0.39, 0.29) is 11.8 Å². The van der Waals surface area contributed by atoms with Crippen LogP contribution in [0.2, 0.25) is 5.02 Å². The van der Waals surface area contributed by atoms with Crippen molar-refractivity contribution >= 4 is 46.1 Å². The largest absolute Gasteiger partial charge is 0.321 e. The lowest BCUT2D eigenvalue weighted by Crippen LogP contribution is -2.24. The van der Waals surface area contributed by atoms with Gasteiger partial charge < -0.3 is 10.2 Å². The first kappa shape index (κ1) is 14.1. The van der Waals surface area contributed by atoms with Gasteiger partial charge in [-0.05, 0) is 36.1 Å². The molecule has 108 valence electrons. The third kappa shape index (κ3) is 2.94. The number of hydrogen-bond acceptors (Lipinski definition) is 3. The minimum atomic E-state index is -0.161. The molecule has 1 N–H and O–H groups in total. The number of halogens is 1. The Bertz CT molecular complexity index is 685. The van der Waals surface area contributed by atoms with Crippen molar-refractivity contribution in [1.29, 1.82) is 0 Å². The number of hydrogen-bond donors (Lipinski definition) is 1. The first-order valence-corrected chi connectivity index (χ1v) is 7.86. The third-order valence-corrected chi connectivity index (χ3v) is 4.49. The normalized spacial score (nSPS) is 14.5. The molecule has 1 fully saturated rings. The Kier molecular flexibility index (Phi) is 3.94. The molecule has 0 unspecified atom stereocenters. The minimum Gasteiger partial charge on any atom is -0.321 e. The fourth-order valence-electron chi connectivity index (χ4n) is 2.31. The zero-order chi connectivity index (χ0) is 14.8. The number of nitrogens with zero attached hydrogens (tertiary/aromatic N) is 1. The van der Waals surface area contributed by atoms with Crippen LogP contribution in [0.4, 0.5) is 11.4 Å². The molecule has 1 aliphatic heterocycles. The van der Waals surface area contributed by atoms with Crippen molar-refractivity contribution in [2.45, 2.75) is 12.8 Å². The number of carbonyl (C=O) groups excluding carboxylic acids is 2. The smallest absolute Gasteiger partial charge is 0.265 e. The molecular formula is C15H13ClN2O2S. The molecule has 0 spiro atoms. The fraction of sp³-hybridized carbons (Fsp3) is 0.200. The van der Waals surface area contributed by atoms with Crippen molar-refractivity contribution < 1.29 is 9.59 Å². The molecule has 4 nitrogen and oxygen atoms in total. The van der Waals surface area contributed by atoms with Gasteiger partial charge in [0.1, 0.15) is 0 Å². The molecule has 1 aromatic heterocycles. The molecule has 0 atom stereocenters. The van der Waals surface area contributed by atoms with E-state index in [0.717, 1.165) is 6.42 Å². The second-order valence-electron chi connectivity index (χ2n) is 4.75. The number of thiophene rings is 1. The molecule has 0 saturated carbocycles. The molecule has 1 aromatic carbocycles. The summed E-state index contributed by atoms with van der Waals surface area (Å²) in [5.74, 6) is -0.0710. The van der Waals surface area contributed by atoms with Crippen molar-refractivity contribution in [2.75, 3.05) is 16.8 Å². The van der Waals surface area contributed by atoms with Crippen molar-refractivity contribution in [2.24, 2.45) is 0 Å². The summed E-state index contributed by atoms with van der Waals surface area (Å²) in [4.78, 5) is 26.0. The van der Waals surface area contributed by atoms with Gasteiger partial charge in [-0.15, -0.1) is 11.3 Å². The van der Waals surface area contributed by atoms with Crippen LogP contribution in [0.1, 0.15) is 22.5 Å². The zero-order valence-corrected chi connectivity index (χ0v) is 12.7. The van der Waals surface area contributed by atoms with E-state index in [1.165, 1.54) is 11.3 Å². The van der Waals surface area contributed by atoms with Gasteiger partial charge in [0.25, 0.3) is 5.91 Å². The van der Waals surface area contributed by atoms with E-state index >= 15 is 0 Å². The molecule has 2 amide bonds. The van der Waals surface area contributed by atoms with Crippen LogP contribution < -0.4 is 10.2 Å². The zero-order valence-electron chi connectivity index (χ0n) is 11.1. The maximum Gasteiger partial charge on any atom is 0.265 e. The summed E-state index contributed by atoms with van der Waals surface area (Å²) in [5.41, 5.74) is 1.32. The van der Waals surface area contributed by atoms with Crippen molar-refractivity contribution in [3.05, 3.63) is 45.6 Å². The second-order valence-corrected chi connectivity index (χ2v) is 6.10. The second kappa shape index (κ2) is 5.87. The first-order valence-electron chi connectivity index (χ1n) is 6.60. The highest BCUT2D eigenvalue weighted by molar-refractivity contribution is 7.12. The van der Waals surface area contributed by atoms with Crippen LogP contribution in [-0.2, 0) is 4.79 Å². The maximum atomic E-state index is 12.0. The van der Waals surface area contributed by atoms with Gasteiger partial charge >= 0.3 is 0 Å². The van der Waals surface area contributed by atoms with Gasteiger partial charge in [-0.2, -0.15) is 0 Å². The molecule has 2 heterocycles. The Morgan fingerprint density at radius 3 is 2.81 bits per heavy atom. The van der Waals surface area contributed by atoms with Crippen LogP contribution in [0, 0.1) is 0 Å². The molecule has 6 heteroatoms. The molecule has 0 aliphatic carbocycles. The van der Waals surface area contributed by atoms with Gasteiger partial charge in [0.05, 0.1) is 15.6 Å². The topological polar surface area (TPSA) is 49.4 Å². The number of benzene rings is 1. The van der Waals surface area contributed by atoms with Crippen LogP contribution in [0.5, 0.6) is 0 Å². The van der Waals surface area contributed by atoms with Gasteiger partial charge in [-0.25, -0.2) is 0 Å². The van der Waals surface area contributed by atoms with Gasteiger partial charge in [0.2, 0.25) is 5.91 Å². The summed E-state index contributed by atoms with van der Waals surface area (Å²) in [7, 11) is 0. The van der Waals surface area contributed by atoms with E-state index in [1.54, 1.807) is 29.2 Å². The Morgan fingerprint density at radius 2 is 2.19 bits per heavy atom. The quantitative estimate of drug-likeness (QED) is 0.935. The number of carbonyl (C=O) groups is 2. The van der Waals surface area contributed by atoms with E-state index in [1.807, 2.05) is 11.4 Å². The van der Waals surface area contributed by atoms with Crippen LogP contribution in [-0.4, -0.2) is 18.4 Å². The van der Waals surface area contributed by atoms with Crippen molar-refractivity contribution in [3.8, 4) is 0 Å². The van der Waals surface area contributed by atoms with Crippen LogP contribution in [0.15, 0.2) is 35.7 Å². The lowest BCUT2D eigenvalue weighted by atomic mass is 10.2. The predicted molar refractivity (Wildman–Crippen MR) is 85.3 cm³/mol. The predicted octanol–water partition coefficient (Wildman–Crippen LogP) is 3.78. The standard InChI is InChI=1S/C15H13ClN2O2S/c16-11-9-10(17-15(20)13-3-2-8-21-13)5-6-12(11)18-7-1-4-14(18)19/h2-3,5-6,8-9H,1,4,7H2,(H,17,20). The molecule has 1 aliphatic rings. The van der Waals surface area contributed by atoms with Crippen LogP contribution >= 0.6 is 22.9 Å². The highest BCUT2D eigenvalue weighted by Crippen LogP contribution is 2.31. The summed E-state index contributed by atoms with van der Waals surface area (Å²) in [6.07, 6.45) is 1.42. The average Bonchev–Trinajstić information content (AvgIpc) is 3.10. The average molecular weight is 321 g/mol. The van der Waals surface area contributed by atoms with E-state index < -0.39 is 0 Å². The molecule has 3 rings (SSSR count). The Hall–Kier alpha value is -1.85. The third-order valence-electron chi connectivity index (χ3n) is 3.31. The van der Waals surface area contributed by atoms with E-state index in [2.05, 4.69) is 5.32 Å². The lowest BCUT2D eigenvalue weighted by molar-refractivity contribution is -0.117. The Balaban J connectivity index is 1.78. The summed E-state index contributed by atoms with van der Waals surface area (Å²) in [6, 6.07) is 8.80. The Morgan fingerprint density at radius 1 is 1.33 bits per heavy atom. The van der Waals surface area contributed by atoms with E-state index in [9.17, 15) is 9.59 Å². The molecule has 0 bridgehead atoms. The number of nitrogens with one attached hydrogen (secondary N) is 1. The molecule has 1 saturated heterocycles. The number of rotatable bonds is 3. The minimum absolute atomic E-state index is 0.0901. The van der Waals surface area contributed by atoms with Crippen molar-refractivity contribution in [1.82, 2.24) is 0 Å². The number of amides is 2. The van der Waals surface area contributed by atoms with E-state index in [0.29, 0.717) is 34.2 Å².